The molecule has 0 fully saturated rings. The van der Waals surface area contributed by atoms with Crippen molar-refractivity contribution < 1.29 is 14.2 Å². The monoisotopic (exact) mass is 650 g/mol. The number of hydrogen-bond acceptors (Lipinski definition) is 3. The predicted octanol–water partition coefficient (Wildman–Crippen LogP) is 11.4. The molecule has 2 atom stereocenters. The van der Waals surface area contributed by atoms with Crippen LogP contribution in [0.1, 0.15) is 142 Å². The average Bonchev–Trinajstić information content (AvgIpc) is 2.90. The first-order chi connectivity index (χ1) is 18.3. The molecule has 220 valence electrons. The number of hydrogen-bond donors (Lipinski definition) is 0. The molecule has 5 heteroatoms. The number of halogens is 2. The molecule has 37 heavy (non-hydrogen) atoms. The van der Waals surface area contributed by atoms with Crippen LogP contribution in [0.15, 0.2) is 24.3 Å². The van der Waals surface area contributed by atoms with Gasteiger partial charge in [-0.15, -0.1) is 0 Å². The summed E-state index contributed by atoms with van der Waals surface area (Å²) < 4.78 is 18.0. The molecule has 0 aliphatic heterocycles. The molecule has 0 aliphatic rings. The number of rotatable bonds is 30. The molecular formula is C32H60Br2O3. The van der Waals surface area contributed by atoms with E-state index in [2.05, 4.69) is 56.2 Å². The van der Waals surface area contributed by atoms with Crippen molar-refractivity contribution in [2.75, 3.05) is 23.9 Å². The standard InChI is InChI=1S/C32H60Br2O3/c1-3-35-31(27-23-19-15-11-7-5-9-13-17-21-25-29-33)37-32(36-4-2)28-24-20-16-12-8-6-10-14-18-22-26-30-34/h15-16,19-20,31-32H,3-14,17-18,21-30H2,1-2H3. The van der Waals surface area contributed by atoms with E-state index >= 15 is 0 Å². The highest BCUT2D eigenvalue weighted by Crippen LogP contribution is 2.15. The summed E-state index contributed by atoms with van der Waals surface area (Å²) in [4.78, 5) is 0. The molecule has 0 aromatic carbocycles. The van der Waals surface area contributed by atoms with Gasteiger partial charge in [-0.05, 0) is 65.2 Å². The Kier molecular flexibility index (Phi) is 32.8. The zero-order chi connectivity index (χ0) is 27.1. The molecule has 0 rings (SSSR count). The van der Waals surface area contributed by atoms with Gasteiger partial charge >= 0.3 is 0 Å². The Morgan fingerprint density at radius 3 is 1.14 bits per heavy atom. The van der Waals surface area contributed by atoms with E-state index in [1.807, 2.05) is 13.8 Å². The van der Waals surface area contributed by atoms with Crippen LogP contribution in [-0.2, 0) is 14.2 Å². The van der Waals surface area contributed by atoms with Gasteiger partial charge in [-0.25, -0.2) is 0 Å². The Hall–Kier alpha value is 0.320. The zero-order valence-corrected chi connectivity index (χ0v) is 27.6. The maximum atomic E-state index is 6.21. The van der Waals surface area contributed by atoms with Crippen LogP contribution >= 0.6 is 31.9 Å². The molecule has 0 spiro atoms. The van der Waals surface area contributed by atoms with Gasteiger partial charge in [0.25, 0.3) is 0 Å². The molecular weight excluding hydrogens is 592 g/mol. The van der Waals surface area contributed by atoms with Crippen LogP contribution < -0.4 is 0 Å². The fourth-order valence-electron chi connectivity index (χ4n) is 4.34. The first-order valence-electron chi connectivity index (χ1n) is 15.6. The Balaban J connectivity index is 3.96. The van der Waals surface area contributed by atoms with E-state index in [1.54, 1.807) is 0 Å². The molecule has 0 amide bonds. The largest absolute Gasteiger partial charge is 0.353 e. The molecule has 0 aromatic rings. The van der Waals surface area contributed by atoms with E-state index < -0.39 is 0 Å². The molecule has 2 unspecified atom stereocenters. The second-order valence-electron chi connectivity index (χ2n) is 9.91. The van der Waals surface area contributed by atoms with Gasteiger partial charge in [0.05, 0.1) is 0 Å². The number of ether oxygens (including phenoxy) is 3. The van der Waals surface area contributed by atoms with Crippen LogP contribution in [0.2, 0.25) is 0 Å². The van der Waals surface area contributed by atoms with Crippen molar-refractivity contribution in [2.45, 2.75) is 155 Å². The minimum absolute atomic E-state index is 0.191. The van der Waals surface area contributed by atoms with Gasteiger partial charge in [-0.3, -0.25) is 0 Å². The third-order valence-electron chi connectivity index (χ3n) is 6.49. The summed E-state index contributed by atoms with van der Waals surface area (Å²) in [5.41, 5.74) is 0. The fraction of sp³-hybridized carbons (Fsp3) is 0.875. The van der Waals surface area contributed by atoms with Crippen molar-refractivity contribution >= 4 is 31.9 Å². The van der Waals surface area contributed by atoms with Crippen molar-refractivity contribution in [3.8, 4) is 0 Å². The first kappa shape index (κ1) is 37.3. The van der Waals surface area contributed by atoms with Crippen molar-refractivity contribution in [3.05, 3.63) is 24.3 Å². The Morgan fingerprint density at radius 1 is 0.459 bits per heavy atom. The Morgan fingerprint density at radius 2 is 0.784 bits per heavy atom. The summed E-state index contributed by atoms with van der Waals surface area (Å²) in [7, 11) is 0. The molecule has 0 bridgehead atoms. The fourth-order valence-corrected chi connectivity index (χ4v) is 5.13. The summed E-state index contributed by atoms with van der Waals surface area (Å²) in [5, 5.41) is 2.30. The second kappa shape index (κ2) is 32.5. The topological polar surface area (TPSA) is 27.7 Å². The van der Waals surface area contributed by atoms with Crippen LogP contribution in [0.5, 0.6) is 0 Å². The lowest BCUT2D eigenvalue weighted by Gasteiger charge is -2.24. The van der Waals surface area contributed by atoms with Gasteiger partial charge in [0.2, 0.25) is 0 Å². The number of unbranched alkanes of at least 4 members (excludes halogenated alkanes) is 14. The lowest BCUT2D eigenvalue weighted by molar-refractivity contribution is -0.246. The van der Waals surface area contributed by atoms with Crippen LogP contribution in [0.3, 0.4) is 0 Å². The summed E-state index contributed by atoms with van der Waals surface area (Å²) >= 11 is 7.01. The smallest absolute Gasteiger partial charge is 0.161 e. The van der Waals surface area contributed by atoms with Gasteiger partial charge in [0.15, 0.2) is 12.6 Å². The zero-order valence-electron chi connectivity index (χ0n) is 24.4. The number of alkyl halides is 2. The molecule has 0 radical (unpaired) electrons. The van der Waals surface area contributed by atoms with Crippen molar-refractivity contribution in [1.82, 2.24) is 0 Å². The van der Waals surface area contributed by atoms with Crippen molar-refractivity contribution in [3.63, 3.8) is 0 Å². The van der Waals surface area contributed by atoms with Gasteiger partial charge < -0.3 is 14.2 Å². The molecule has 0 saturated carbocycles. The average molecular weight is 653 g/mol. The second-order valence-corrected chi connectivity index (χ2v) is 11.5. The molecule has 0 heterocycles. The van der Waals surface area contributed by atoms with Gasteiger partial charge in [-0.2, -0.15) is 0 Å². The van der Waals surface area contributed by atoms with E-state index in [-0.39, 0.29) is 12.6 Å². The normalized spacial score (nSPS) is 13.7. The highest BCUT2D eigenvalue weighted by Gasteiger charge is 2.16. The SMILES string of the molecule is CCOC(CCC=CCCCCCCCCCBr)OC(CCC=CCCCCCCCCCBr)OCC. The first-order valence-corrected chi connectivity index (χ1v) is 17.8. The van der Waals surface area contributed by atoms with Crippen molar-refractivity contribution in [2.24, 2.45) is 0 Å². The molecule has 0 N–H and O–H groups in total. The highest BCUT2D eigenvalue weighted by atomic mass is 79.9. The van der Waals surface area contributed by atoms with E-state index in [0.29, 0.717) is 13.2 Å². The predicted molar refractivity (Wildman–Crippen MR) is 170 cm³/mol. The van der Waals surface area contributed by atoms with E-state index in [9.17, 15) is 0 Å². The molecule has 0 aromatic heterocycles. The quantitative estimate of drug-likeness (QED) is 0.0335. The lowest BCUT2D eigenvalue weighted by Crippen LogP contribution is -2.27. The minimum Gasteiger partial charge on any atom is -0.353 e. The highest BCUT2D eigenvalue weighted by molar-refractivity contribution is 9.09. The van der Waals surface area contributed by atoms with E-state index in [0.717, 1.165) is 36.3 Å². The summed E-state index contributed by atoms with van der Waals surface area (Å²) in [6.07, 6.45) is 34.0. The Bertz CT molecular complexity index is 443. The van der Waals surface area contributed by atoms with E-state index in [4.69, 9.17) is 14.2 Å². The third kappa shape index (κ3) is 29.1. The maximum Gasteiger partial charge on any atom is 0.161 e. The van der Waals surface area contributed by atoms with Crippen molar-refractivity contribution in [1.29, 1.82) is 0 Å². The molecule has 0 saturated heterocycles. The van der Waals surface area contributed by atoms with Gasteiger partial charge in [0, 0.05) is 36.7 Å². The van der Waals surface area contributed by atoms with Crippen LogP contribution in [0.25, 0.3) is 0 Å². The minimum atomic E-state index is -0.191. The van der Waals surface area contributed by atoms with Crippen LogP contribution in [0.4, 0.5) is 0 Å². The molecule has 3 nitrogen and oxygen atoms in total. The maximum absolute atomic E-state index is 6.21. The van der Waals surface area contributed by atoms with Gasteiger partial charge in [-0.1, -0.05) is 120 Å². The third-order valence-corrected chi connectivity index (χ3v) is 7.61. The summed E-state index contributed by atoms with van der Waals surface area (Å²) in [6, 6.07) is 0. The summed E-state index contributed by atoms with van der Waals surface area (Å²) in [5.74, 6) is 0. The summed E-state index contributed by atoms with van der Waals surface area (Å²) in [6.45, 7) is 5.40. The number of allylic oxidation sites excluding steroid dienone is 4. The van der Waals surface area contributed by atoms with Crippen LogP contribution in [0, 0.1) is 0 Å². The van der Waals surface area contributed by atoms with E-state index in [1.165, 1.54) is 103 Å². The lowest BCUT2D eigenvalue weighted by atomic mass is 10.1. The van der Waals surface area contributed by atoms with Crippen LogP contribution in [-0.4, -0.2) is 36.5 Å². The Labute approximate surface area is 248 Å². The van der Waals surface area contributed by atoms with Gasteiger partial charge in [0.1, 0.15) is 0 Å². The molecule has 0 aliphatic carbocycles.